The third-order valence-electron chi connectivity index (χ3n) is 14.7. The van der Waals surface area contributed by atoms with Crippen LogP contribution in [0.25, 0.3) is 0 Å². The Balaban J connectivity index is 3.86. The smallest absolute Gasteiger partial charge is 0.387 e. The first-order valence-corrected chi connectivity index (χ1v) is 34.2. The zero-order valence-electron chi connectivity index (χ0n) is 51.0. The zero-order chi connectivity index (χ0) is 55.6. The predicted molar refractivity (Wildman–Crippen MR) is 332 cm³/mol. The van der Waals surface area contributed by atoms with Gasteiger partial charge < -0.3 is 19.8 Å². The second kappa shape index (κ2) is 57.9. The molecule has 0 rings (SSSR count). The molecule has 0 saturated carbocycles. The number of hydrogen-bond acceptors (Lipinski definition) is 5. The van der Waals surface area contributed by atoms with Gasteiger partial charge in [-0.2, -0.15) is 0 Å². The second-order valence-electron chi connectivity index (χ2n) is 23.5. The van der Waals surface area contributed by atoms with Crippen LogP contribution in [0, 0.1) is 0 Å². The SMILES string of the molecule is CCCCCCC/C=C\C/C=C\C/C=C\CCCCCCCCCCCCCCCCCCCCCCCCCCCCC(=O)NC(COP(=O)(O)OCC[N+](C)(C)C)C(O)/C=C/CC/C=C/CCCCCCCCC. The quantitative estimate of drug-likeness (QED) is 0.0243. The van der Waals surface area contributed by atoms with Crippen molar-refractivity contribution in [2.45, 2.75) is 321 Å². The van der Waals surface area contributed by atoms with Crippen LogP contribution < -0.4 is 5.32 Å². The van der Waals surface area contributed by atoms with Gasteiger partial charge >= 0.3 is 7.82 Å². The van der Waals surface area contributed by atoms with E-state index in [0.29, 0.717) is 17.4 Å². The predicted octanol–water partition coefficient (Wildman–Crippen LogP) is 20.4. The minimum Gasteiger partial charge on any atom is -0.387 e. The fourth-order valence-corrected chi connectivity index (χ4v) is 10.3. The number of nitrogens with one attached hydrogen (secondary N) is 1. The molecule has 1 amide bonds. The van der Waals surface area contributed by atoms with Crippen LogP contribution in [-0.2, 0) is 18.4 Å². The first-order valence-electron chi connectivity index (χ1n) is 32.7. The van der Waals surface area contributed by atoms with E-state index in [4.69, 9.17) is 9.05 Å². The van der Waals surface area contributed by atoms with Gasteiger partial charge in [0.2, 0.25) is 5.91 Å². The normalized spacial score (nSPS) is 14.1. The van der Waals surface area contributed by atoms with Gasteiger partial charge in [-0.3, -0.25) is 13.8 Å². The average molecular weight is 1090 g/mol. The van der Waals surface area contributed by atoms with Crippen LogP contribution in [0.5, 0.6) is 0 Å². The minimum atomic E-state index is -4.35. The van der Waals surface area contributed by atoms with Gasteiger partial charge in [0.05, 0.1) is 39.9 Å². The summed E-state index contributed by atoms with van der Waals surface area (Å²) in [6.45, 7) is 4.79. The van der Waals surface area contributed by atoms with Crippen LogP contribution in [0.4, 0.5) is 0 Å². The van der Waals surface area contributed by atoms with Gasteiger partial charge in [-0.1, -0.05) is 293 Å². The summed E-state index contributed by atoms with van der Waals surface area (Å²) >= 11 is 0. The number of likely N-dealkylation sites (N-methyl/N-ethyl adjacent to an activating group) is 1. The molecule has 0 aliphatic carbocycles. The number of aliphatic hydroxyl groups is 1. The van der Waals surface area contributed by atoms with E-state index in [9.17, 15) is 19.4 Å². The molecule has 0 saturated heterocycles. The van der Waals surface area contributed by atoms with Crippen molar-refractivity contribution in [1.29, 1.82) is 0 Å². The number of phosphoric acid groups is 1. The number of phosphoric ester groups is 1. The molecule has 76 heavy (non-hydrogen) atoms. The highest BCUT2D eigenvalue weighted by molar-refractivity contribution is 7.47. The molecule has 0 fully saturated rings. The van der Waals surface area contributed by atoms with Crippen molar-refractivity contribution >= 4 is 13.7 Å². The Morgan fingerprint density at radius 3 is 1.14 bits per heavy atom. The molecule has 0 spiro atoms. The van der Waals surface area contributed by atoms with E-state index < -0.39 is 20.0 Å². The van der Waals surface area contributed by atoms with E-state index in [0.717, 1.165) is 51.4 Å². The zero-order valence-corrected chi connectivity index (χ0v) is 51.9. The number of amides is 1. The number of rotatable bonds is 60. The van der Waals surface area contributed by atoms with Gasteiger partial charge in [-0.15, -0.1) is 0 Å². The standard InChI is InChI=1S/C67H127N2O6P/c1-6-8-10-12-14-16-18-20-21-22-23-24-25-26-27-28-29-30-31-32-33-34-35-36-37-38-39-40-41-42-43-44-45-46-47-49-51-53-55-57-59-61-67(71)68-65(64-75-76(72,73)74-63-62-69(3,4)5)66(70)60-58-56-54-52-50-48-19-17-15-13-11-9-7-2/h18,20,22-23,25-26,50,52,58,60,65-66,70H,6-17,19,21,24,27-49,51,53-57,59,61-64H2,1-5H3,(H-,68,71,72,73)/p+1/b20-18-,23-22-,26-25-,52-50+,60-58+. The highest BCUT2D eigenvalue weighted by atomic mass is 31.2. The number of carbonyl (C=O) groups excluding carboxylic acids is 1. The van der Waals surface area contributed by atoms with Crippen molar-refractivity contribution in [2.24, 2.45) is 0 Å². The van der Waals surface area contributed by atoms with Gasteiger partial charge in [0.1, 0.15) is 13.2 Å². The molecule has 3 atom stereocenters. The molecule has 3 unspecified atom stereocenters. The summed E-state index contributed by atoms with van der Waals surface area (Å²) < 4.78 is 23.7. The third-order valence-corrected chi connectivity index (χ3v) is 15.7. The lowest BCUT2D eigenvalue weighted by molar-refractivity contribution is -0.870. The Bertz CT molecular complexity index is 1420. The van der Waals surface area contributed by atoms with E-state index in [-0.39, 0.29) is 19.1 Å². The van der Waals surface area contributed by atoms with E-state index in [1.165, 1.54) is 238 Å². The summed E-state index contributed by atoms with van der Waals surface area (Å²) in [5.41, 5.74) is 0. The largest absolute Gasteiger partial charge is 0.472 e. The third kappa shape index (κ3) is 59.9. The summed E-state index contributed by atoms with van der Waals surface area (Å²) in [6, 6.07) is -0.862. The molecule has 0 aromatic rings. The Labute approximate surface area is 472 Å². The molecular formula is C67H128N2O6P+. The van der Waals surface area contributed by atoms with Crippen LogP contribution in [-0.4, -0.2) is 73.4 Å². The highest BCUT2D eigenvalue weighted by Gasteiger charge is 2.27. The van der Waals surface area contributed by atoms with Crippen LogP contribution in [0.1, 0.15) is 309 Å². The van der Waals surface area contributed by atoms with Gasteiger partial charge in [-0.25, -0.2) is 4.57 Å². The monoisotopic (exact) mass is 1090 g/mol. The molecule has 0 heterocycles. The fraction of sp³-hybridized carbons (Fsp3) is 0.836. The maximum absolute atomic E-state index is 13.0. The summed E-state index contributed by atoms with van der Waals surface area (Å²) in [5, 5.41) is 13.9. The van der Waals surface area contributed by atoms with Crippen LogP contribution in [0.15, 0.2) is 60.8 Å². The van der Waals surface area contributed by atoms with Crippen molar-refractivity contribution < 1.29 is 32.9 Å². The number of hydrogen-bond donors (Lipinski definition) is 3. The van der Waals surface area contributed by atoms with Gasteiger partial charge in [0.15, 0.2) is 0 Å². The Hall–Kier alpha value is -1.80. The lowest BCUT2D eigenvalue weighted by atomic mass is 10.0. The van der Waals surface area contributed by atoms with Crippen LogP contribution in [0.3, 0.4) is 0 Å². The second-order valence-corrected chi connectivity index (χ2v) is 24.9. The van der Waals surface area contributed by atoms with Crippen molar-refractivity contribution in [1.82, 2.24) is 5.32 Å². The Morgan fingerprint density at radius 1 is 0.447 bits per heavy atom. The van der Waals surface area contributed by atoms with E-state index in [2.05, 4.69) is 67.8 Å². The Morgan fingerprint density at radius 2 is 0.763 bits per heavy atom. The van der Waals surface area contributed by atoms with Crippen molar-refractivity contribution in [3.63, 3.8) is 0 Å². The van der Waals surface area contributed by atoms with E-state index in [1.54, 1.807) is 6.08 Å². The number of unbranched alkanes of at least 4 members (excludes halogenated alkanes) is 39. The molecule has 3 N–H and O–H groups in total. The number of aliphatic hydroxyl groups excluding tert-OH is 1. The molecule has 0 aromatic carbocycles. The molecule has 0 bridgehead atoms. The summed E-state index contributed by atoms with van der Waals surface area (Å²) in [6.07, 6.45) is 79.5. The maximum Gasteiger partial charge on any atom is 0.472 e. The lowest BCUT2D eigenvalue weighted by Crippen LogP contribution is -2.45. The summed E-state index contributed by atoms with van der Waals surface area (Å²) in [5.74, 6) is -0.183. The fourth-order valence-electron chi connectivity index (χ4n) is 9.60. The molecule has 0 aliphatic rings. The van der Waals surface area contributed by atoms with E-state index in [1.807, 2.05) is 27.2 Å². The van der Waals surface area contributed by atoms with Crippen molar-refractivity contribution in [3.05, 3.63) is 60.8 Å². The first-order chi connectivity index (χ1) is 37.0. The molecule has 0 radical (unpaired) electrons. The Kier molecular flexibility index (Phi) is 56.5. The molecule has 0 aromatic heterocycles. The van der Waals surface area contributed by atoms with Crippen LogP contribution >= 0.6 is 7.82 Å². The van der Waals surface area contributed by atoms with E-state index >= 15 is 0 Å². The number of carbonyl (C=O) groups is 1. The average Bonchev–Trinajstić information content (AvgIpc) is 3.38. The minimum absolute atomic E-state index is 0.0567. The number of quaternary nitrogens is 1. The molecule has 446 valence electrons. The first kappa shape index (κ1) is 74.2. The molecule has 8 nitrogen and oxygen atoms in total. The lowest BCUT2D eigenvalue weighted by Gasteiger charge is -2.25. The molecular weight excluding hydrogens is 960 g/mol. The van der Waals surface area contributed by atoms with Gasteiger partial charge in [0, 0.05) is 6.42 Å². The number of nitrogens with zero attached hydrogens (tertiary/aromatic N) is 1. The topological polar surface area (TPSA) is 105 Å². The summed E-state index contributed by atoms with van der Waals surface area (Å²) in [4.78, 5) is 23.3. The van der Waals surface area contributed by atoms with Gasteiger partial charge in [-0.05, 0) is 70.6 Å². The van der Waals surface area contributed by atoms with Crippen LogP contribution in [0.2, 0.25) is 0 Å². The maximum atomic E-state index is 13.0. The van der Waals surface area contributed by atoms with Crippen molar-refractivity contribution in [3.8, 4) is 0 Å². The summed E-state index contributed by atoms with van der Waals surface area (Å²) in [7, 11) is 1.56. The highest BCUT2D eigenvalue weighted by Crippen LogP contribution is 2.43. The van der Waals surface area contributed by atoms with Crippen molar-refractivity contribution in [2.75, 3.05) is 40.9 Å². The molecule has 9 heteroatoms. The number of allylic oxidation sites excluding steroid dienone is 9. The molecule has 0 aliphatic heterocycles. The van der Waals surface area contributed by atoms with Gasteiger partial charge in [0.25, 0.3) is 0 Å².